The lowest BCUT2D eigenvalue weighted by molar-refractivity contribution is 0.363. The van der Waals surface area contributed by atoms with Gasteiger partial charge in [-0.3, -0.25) is 0 Å². The number of nitrogens with zero attached hydrogens (tertiary/aromatic N) is 1. The quantitative estimate of drug-likeness (QED) is 0.733. The van der Waals surface area contributed by atoms with Gasteiger partial charge in [-0.25, -0.2) is 13.1 Å². The fourth-order valence-corrected chi connectivity index (χ4v) is 4.05. The molecule has 0 bridgehead atoms. The summed E-state index contributed by atoms with van der Waals surface area (Å²) in [5.41, 5.74) is 1.78. The summed E-state index contributed by atoms with van der Waals surface area (Å²) in [6, 6.07) is 14.3. The van der Waals surface area contributed by atoms with Gasteiger partial charge in [-0.15, -0.1) is 0 Å². The molecule has 136 valence electrons. The fraction of sp³-hybridized carbons (Fsp3) is 0.333. The minimum absolute atomic E-state index is 0.0300. The van der Waals surface area contributed by atoms with E-state index in [1.165, 1.54) is 0 Å². The van der Waals surface area contributed by atoms with Gasteiger partial charge < -0.3 is 4.90 Å². The highest BCUT2D eigenvalue weighted by Crippen LogP contribution is 2.26. The second kappa shape index (κ2) is 9.01. The number of sulfonamides is 1. The Morgan fingerprint density at radius 1 is 1.04 bits per heavy atom. The topological polar surface area (TPSA) is 49.4 Å². The van der Waals surface area contributed by atoms with Crippen molar-refractivity contribution >= 4 is 33.2 Å². The molecule has 4 nitrogen and oxygen atoms in total. The Labute approximate surface area is 159 Å². The Morgan fingerprint density at radius 2 is 1.72 bits per heavy atom. The lowest BCUT2D eigenvalue weighted by Gasteiger charge is -2.23. The second-order valence-electron chi connectivity index (χ2n) is 6.16. The first-order valence-corrected chi connectivity index (χ1v) is 10.3. The van der Waals surface area contributed by atoms with Crippen LogP contribution < -0.4 is 4.72 Å². The summed E-state index contributed by atoms with van der Waals surface area (Å²) < 4.78 is 27.9. The predicted molar refractivity (Wildman–Crippen MR) is 105 cm³/mol. The maximum Gasteiger partial charge on any atom is 0.212 e. The van der Waals surface area contributed by atoms with E-state index in [0.717, 1.165) is 11.1 Å². The van der Waals surface area contributed by atoms with Gasteiger partial charge in [-0.1, -0.05) is 59.6 Å². The van der Waals surface area contributed by atoms with E-state index in [0.29, 0.717) is 23.0 Å². The summed E-state index contributed by atoms with van der Waals surface area (Å²) in [6.45, 7) is 0.516. The summed E-state index contributed by atoms with van der Waals surface area (Å²) in [4.78, 5) is 1.92. The molecule has 0 aliphatic heterocycles. The Balaban J connectivity index is 2.13. The van der Waals surface area contributed by atoms with E-state index in [1.54, 1.807) is 18.2 Å². The molecule has 0 radical (unpaired) electrons. The predicted octanol–water partition coefficient (Wildman–Crippen LogP) is 3.76. The van der Waals surface area contributed by atoms with Crippen LogP contribution in [0.4, 0.5) is 0 Å². The van der Waals surface area contributed by atoms with E-state index < -0.39 is 16.1 Å². The lowest BCUT2D eigenvalue weighted by Crippen LogP contribution is -2.36. The van der Waals surface area contributed by atoms with Crippen LogP contribution in [0.5, 0.6) is 0 Å². The molecule has 2 aromatic rings. The normalized spacial score (nSPS) is 13.2. The van der Waals surface area contributed by atoms with Gasteiger partial charge in [0.15, 0.2) is 0 Å². The third-order valence-corrected chi connectivity index (χ3v) is 5.84. The number of hydrogen-bond acceptors (Lipinski definition) is 3. The number of hydrogen-bond donors (Lipinski definition) is 1. The fourth-order valence-electron chi connectivity index (χ4n) is 2.48. The van der Waals surface area contributed by atoms with Gasteiger partial charge in [0.1, 0.15) is 0 Å². The maximum absolute atomic E-state index is 12.5. The van der Waals surface area contributed by atoms with Crippen LogP contribution in [-0.4, -0.2) is 39.7 Å². The molecule has 0 aromatic heterocycles. The molecule has 0 saturated carbocycles. The highest BCUT2D eigenvalue weighted by atomic mass is 35.5. The highest BCUT2D eigenvalue weighted by molar-refractivity contribution is 7.89. The van der Waals surface area contributed by atoms with Crippen LogP contribution >= 0.6 is 23.2 Å². The first-order valence-electron chi connectivity index (χ1n) is 7.90. The van der Waals surface area contributed by atoms with E-state index in [-0.39, 0.29) is 5.75 Å². The van der Waals surface area contributed by atoms with Crippen molar-refractivity contribution in [3.05, 3.63) is 69.7 Å². The minimum Gasteiger partial charge on any atom is -0.307 e. The zero-order valence-electron chi connectivity index (χ0n) is 14.2. The lowest BCUT2D eigenvalue weighted by atomic mass is 10.1. The molecule has 0 fully saturated rings. The molecule has 2 aromatic carbocycles. The van der Waals surface area contributed by atoms with E-state index >= 15 is 0 Å². The average Bonchev–Trinajstić information content (AvgIpc) is 2.55. The van der Waals surface area contributed by atoms with Crippen molar-refractivity contribution in [2.24, 2.45) is 0 Å². The molecule has 0 aliphatic carbocycles. The van der Waals surface area contributed by atoms with Crippen molar-refractivity contribution < 1.29 is 8.42 Å². The van der Waals surface area contributed by atoms with E-state index in [9.17, 15) is 8.42 Å². The van der Waals surface area contributed by atoms with Crippen molar-refractivity contribution in [1.82, 2.24) is 9.62 Å². The summed E-state index contributed by atoms with van der Waals surface area (Å²) in [7, 11) is 0.335. The van der Waals surface area contributed by atoms with Crippen molar-refractivity contribution in [2.75, 3.05) is 26.4 Å². The highest BCUT2D eigenvalue weighted by Gasteiger charge is 2.21. The SMILES string of the molecule is CN(C)CC(NS(=O)(=O)CCc1ccccc1)c1ccc(Cl)c(Cl)c1. The molecule has 0 aliphatic rings. The summed E-state index contributed by atoms with van der Waals surface area (Å²) >= 11 is 12.0. The summed E-state index contributed by atoms with van der Waals surface area (Å²) in [5, 5.41) is 0.854. The first kappa shape index (κ1) is 20.2. The van der Waals surface area contributed by atoms with Crippen molar-refractivity contribution in [2.45, 2.75) is 12.5 Å². The average molecular weight is 401 g/mol. The van der Waals surface area contributed by atoms with Gasteiger partial charge in [0.25, 0.3) is 0 Å². The molecule has 25 heavy (non-hydrogen) atoms. The molecule has 0 heterocycles. The molecule has 0 spiro atoms. The first-order chi connectivity index (χ1) is 11.8. The third-order valence-electron chi connectivity index (χ3n) is 3.72. The minimum atomic E-state index is -3.45. The van der Waals surface area contributed by atoms with Gasteiger partial charge >= 0.3 is 0 Å². The van der Waals surface area contributed by atoms with E-state index in [1.807, 2.05) is 49.3 Å². The molecular weight excluding hydrogens is 379 g/mol. The number of nitrogens with one attached hydrogen (secondary N) is 1. The molecule has 1 atom stereocenters. The maximum atomic E-state index is 12.5. The third kappa shape index (κ3) is 6.60. The molecule has 7 heteroatoms. The number of likely N-dealkylation sites (N-methyl/N-ethyl adjacent to an activating group) is 1. The van der Waals surface area contributed by atoms with Crippen LogP contribution in [0.15, 0.2) is 48.5 Å². The van der Waals surface area contributed by atoms with Gasteiger partial charge in [0, 0.05) is 6.54 Å². The van der Waals surface area contributed by atoms with Crippen LogP contribution in [-0.2, 0) is 16.4 Å². The number of benzene rings is 2. The summed E-state index contributed by atoms with van der Waals surface area (Å²) in [6.07, 6.45) is 0.465. The summed E-state index contributed by atoms with van der Waals surface area (Å²) in [5.74, 6) is 0.0300. The van der Waals surface area contributed by atoms with Gasteiger partial charge in [0.2, 0.25) is 10.0 Å². The number of rotatable bonds is 8. The number of halogens is 2. The molecule has 1 unspecified atom stereocenters. The van der Waals surface area contributed by atoms with Crippen LogP contribution in [0.1, 0.15) is 17.2 Å². The van der Waals surface area contributed by atoms with E-state index in [4.69, 9.17) is 23.2 Å². The zero-order chi connectivity index (χ0) is 18.4. The van der Waals surface area contributed by atoms with Crippen LogP contribution in [0.2, 0.25) is 10.0 Å². The molecule has 1 N–H and O–H groups in total. The second-order valence-corrected chi connectivity index (χ2v) is 8.85. The van der Waals surface area contributed by atoms with Gasteiger partial charge in [-0.2, -0.15) is 0 Å². The molecular formula is C18H22Cl2N2O2S. The largest absolute Gasteiger partial charge is 0.307 e. The van der Waals surface area contributed by atoms with Crippen LogP contribution in [0, 0.1) is 0 Å². The van der Waals surface area contributed by atoms with E-state index in [2.05, 4.69) is 4.72 Å². The standard InChI is InChI=1S/C18H22Cl2N2O2S/c1-22(2)13-18(15-8-9-16(19)17(20)12-15)21-25(23,24)11-10-14-6-4-3-5-7-14/h3-9,12,18,21H,10-11,13H2,1-2H3. The Morgan fingerprint density at radius 3 is 2.32 bits per heavy atom. The van der Waals surface area contributed by atoms with Gasteiger partial charge in [0.05, 0.1) is 21.8 Å². The Hall–Kier alpha value is -1.11. The van der Waals surface area contributed by atoms with Crippen molar-refractivity contribution in [3.8, 4) is 0 Å². The van der Waals surface area contributed by atoms with Crippen LogP contribution in [0.3, 0.4) is 0 Å². The Bertz CT molecular complexity index is 796. The smallest absolute Gasteiger partial charge is 0.212 e. The molecule has 2 rings (SSSR count). The Kier molecular flexibility index (Phi) is 7.28. The zero-order valence-corrected chi connectivity index (χ0v) is 16.6. The molecule has 0 amide bonds. The van der Waals surface area contributed by atoms with Crippen LogP contribution in [0.25, 0.3) is 0 Å². The van der Waals surface area contributed by atoms with Crippen molar-refractivity contribution in [3.63, 3.8) is 0 Å². The van der Waals surface area contributed by atoms with Gasteiger partial charge in [-0.05, 0) is 43.8 Å². The van der Waals surface area contributed by atoms with Crippen molar-refractivity contribution in [1.29, 1.82) is 0 Å². The molecule has 0 saturated heterocycles. The monoisotopic (exact) mass is 400 g/mol. The number of aryl methyl sites for hydroxylation is 1.